The van der Waals surface area contributed by atoms with E-state index in [0.29, 0.717) is 0 Å². The average Bonchev–Trinajstić information content (AvgIpc) is 2.91. The molecule has 41 heavy (non-hydrogen) atoms. The molecule has 0 aliphatic carbocycles. The molecule has 0 spiro atoms. The van der Waals surface area contributed by atoms with E-state index in [9.17, 15) is 19.2 Å². The molecule has 10 nitrogen and oxygen atoms in total. The summed E-state index contributed by atoms with van der Waals surface area (Å²) < 4.78 is 19.0. The van der Waals surface area contributed by atoms with Crippen LogP contribution in [-0.2, 0) is 87.1 Å². The first-order valence-electron chi connectivity index (χ1n) is 11.2. The number of hydrogen-bond acceptors (Lipinski definition) is 12. The molecule has 0 fully saturated rings. The summed E-state index contributed by atoms with van der Waals surface area (Å²) in [5, 5.41) is 15.8. The van der Waals surface area contributed by atoms with Crippen molar-refractivity contribution in [2.75, 3.05) is 26.4 Å². The molecule has 0 atom stereocenters. The Hall–Kier alpha value is -2.82. The predicted octanol–water partition coefficient (Wildman–Crippen LogP) is 4.46. The van der Waals surface area contributed by atoms with E-state index in [2.05, 4.69) is 35.5 Å². The Morgan fingerprint density at radius 2 is 1.05 bits per heavy atom. The number of carbonyl (C=O) groups is 4. The van der Waals surface area contributed by atoms with Crippen molar-refractivity contribution >= 4 is 72.9 Å². The summed E-state index contributed by atoms with van der Waals surface area (Å²) >= 11 is 8.89. The van der Waals surface area contributed by atoms with Crippen molar-refractivity contribution in [1.29, 1.82) is 10.5 Å². The van der Waals surface area contributed by atoms with Crippen molar-refractivity contribution in [2.24, 2.45) is 11.8 Å². The van der Waals surface area contributed by atoms with Crippen molar-refractivity contribution in [3.05, 3.63) is 37.5 Å². The van der Waals surface area contributed by atoms with Gasteiger partial charge in [-0.25, -0.2) is 0 Å². The van der Waals surface area contributed by atoms with E-state index in [-0.39, 0.29) is 54.1 Å². The van der Waals surface area contributed by atoms with Crippen LogP contribution in [0.3, 0.4) is 0 Å². The van der Waals surface area contributed by atoms with Crippen molar-refractivity contribution in [3.63, 3.8) is 0 Å². The number of esters is 4. The molecule has 0 aliphatic rings. The molecule has 0 bridgehead atoms. The molecule has 15 heteroatoms. The van der Waals surface area contributed by atoms with Gasteiger partial charge in [0.15, 0.2) is 11.8 Å². The van der Waals surface area contributed by atoms with Crippen LogP contribution in [0.2, 0.25) is 0 Å². The summed E-state index contributed by atoms with van der Waals surface area (Å²) in [5.74, 6) is -4.19. The van der Waals surface area contributed by atoms with Crippen LogP contribution in [0.1, 0.15) is 55.4 Å². The lowest BCUT2D eigenvalue weighted by Gasteiger charge is -2.11. The zero-order valence-electron chi connectivity index (χ0n) is 22.3. The maximum atomic E-state index is 11.4. The Balaban J connectivity index is -0.000000111. The van der Waals surface area contributed by atoms with Gasteiger partial charge in [-0.15, -0.1) is 6.58 Å². The Labute approximate surface area is 263 Å². The molecule has 0 radical (unpaired) electrons. The second kappa shape index (κ2) is 41.7. The number of hydrogen-bond donors (Lipinski definition) is 0. The Morgan fingerprint density at radius 1 is 0.732 bits per heavy atom. The van der Waals surface area contributed by atoms with E-state index in [1.54, 1.807) is 39.8 Å². The van der Waals surface area contributed by atoms with Gasteiger partial charge in [0, 0.05) is 61.2 Å². The molecular formula is C26H42N2O8S5. The van der Waals surface area contributed by atoms with Crippen LogP contribution in [0.5, 0.6) is 0 Å². The molecule has 0 saturated heterocycles. The maximum absolute atomic E-state index is 11.4. The quantitative estimate of drug-likeness (QED) is 0.0947. The van der Waals surface area contributed by atoms with Crippen LogP contribution in [-0.4, -0.2) is 50.3 Å². The minimum absolute atomic E-state index is 0. The topological polar surface area (TPSA) is 153 Å². The monoisotopic (exact) mass is 670 g/mol. The molecule has 0 rings (SSSR count). The number of rotatable bonds is 12. The smallest absolute Gasteiger partial charge is 0.320 e. The van der Waals surface area contributed by atoms with Gasteiger partial charge in [0.2, 0.25) is 0 Å². The van der Waals surface area contributed by atoms with Crippen LogP contribution in [0.4, 0.5) is 0 Å². The van der Waals surface area contributed by atoms with Gasteiger partial charge in [0.05, 0.1) is 38.6 Å². The van der Waals surface area contributed by atoms with Crippen molar-refractivity contribution in [3.8, 4) is 12.1 Å². The first-order chi connectivity index (χ1) is 18.7. The number of nitrogens with zero attached hydrogens (tertiary/aromatic N) is 2. The highest BCUT2D eigenvalue weighted by molar-refractivity contribution is 8.59. The molecule has 0 unspecified atom stereocenters. The van der Waals surface area contributed by atoms with Crippen LogP contribution in [0, 0.1) is 34.5 Å². The summed E-state index contributed by atoms with van der Waals surface area (Å²) in [5.41, 5.74) is 0. The number of ether oxygens (including phenoxy) is 4. The first-order valence-corrected chi connectivity index (χ1v) is 16.6. The molecule has 0 aromatic rings. The fourth-order valence-corrected chi connectivity index (χ4v) is 4.73. The highest BCUT2D eigenvalue weighted by Gasteiger charge is 2.28. The van der Waals surface area contributed by atoms with Gasteiger partial charge in [-0.05, 0) is 40.5 Å². The Morgan fingerprint density at radius 3 is 1.24 bits per heavy atom. The third-order valence-electron chi connectivity index (χ3n) is 3.40. The average molecular weight is 671 g/mol. The molecule has 0 aromatic carbocycles. The van der Waals surface area contributed by atoms with Crippen molar-refractivity contribution in [2.45, 2.75) is 55.4 Å². The third kappa shape index (κ3) is 35.2. The number of allylic oxidation sites excluding steroid dienone is 4. The highest BCUT2D eigenvalue weighted by Crippen LogP contribution is 2.10. The Bertz CT molecular complexity index is 941. The maximum Gasteiger partial charge on any atom is 0.320 e. The van der Waals surface area contributed by atoms with E-state index in [1.807, 2.05) is 0 Å². The van der Waals surface area contributed by atoms with Crippen molar-refractivity contribution < 1.29 is 38.1 Å². The summed E-state index contributed by atoms with van der Waals surface area (Å²) in [6, 6.07) is 3.47. The molecule has 0 heterocycles. The van der Waals surface area contributed by atoms with E-state index < -0.39 is 35.7 Å². The van der Waals surface area contributed by atoms with E-state index in [0.717, 1.165) is 0 Å². The molecular weight excluding hydrogens is 629 g/mol. The van der Waals surface area contributed by atoms with Gasteiger partial charge in [-0.2, -0.15) is 10.5 Å². The van der Waals surface area contributed by atoms with Crippen LogP contribution in [0.25, 0.3) is 0 Å². The minimum Gasteiger partial charge on any atom is -0.465 e. The predicted molar refractivity (Wildman–Crippen MR) is 174 cm³/mol. The number of nitriles is 2. The minimum atomic E-state index is -0.982. The highest BCUT2D eigenvalue weighted by atomic mass is 33.3. The third-order valence-corrected chi connectivity index (χ3v) is 7.84. The van der Waals surface area contributed by atoms with Gasteiger partial charge >= 0.3 is 23.9 Å². The molecule has 0 aliphatic heterocycles. The van der Waals surface area contributed by atoms with Gasteiger partial charge < -0.3 is 18.9 Å². The lowest BCUT2D eigenvalue weighted by Crippen LogP contribution is -2.27. The van der Waals surface area contributed by atoms with E-state index in [1.165, 1.54) is 50.9 Å². The van der Waals surface area contributed by atoms with Gasteiger partial charge in [-0.1, -0.05) is 33.6 Å². The summed E-state index contributed by atoms with van der Waals surface area (Å²) in [4.78, 5) is 45.4. The zero-order chi connectivity index (χ0) is 30.9. The molecule has 0 saturated carbocycles. The number of carbonyl (C=O) groups excluding carboxylic acids is 4. The van der Waals surface area contributed by atoms with Crippen molar-refractivity contribution in [1.82, 2.24) is 0 Å². The zero-order valence-corrected chi connectivity index (χ0v) is 26.4. The normalized spacial score (nSPS) is 8.29. The Kier molecular flexibility index (Phi) is 51.8. The summed E-state index contributed by atoms with van der Waals surface area (Å²) in [6.07, 6.45) is 5.70. The summed E-state index contributed by atoms with van der Waals surface area (Å²) in [6.45, 7) is 14.2. The largest absolute Gasteiger partial charge is 0.465 e. The second-order valence-electron chi connectivity index (χ2n) is 5.94. The molecule has 0 amide bonds. The summed E-state index contributed by atoms with van der Waals surface area (Å²) in [7, 11) is 3.95. The molecule has 0 aromatic heterocycles. The molecule has 234 valence electrons. The fraction of sp³-hybridized carbons (Fsp3) is 0.538. The van der Waals surface area contributed by atoms with E-state index in [4.69, 9.17) is 29.5 Å². The SMILES string of the molecule is C.C.C=CC#N.C=CCC(C(=O)OCC)C(=O)OCC.CCOC(=O)C(CC=CC#N)C(=O)OCC.S=S=S=S=S. The second-order valence-corrected chi connectivity index (χ2v) is 11.2. The standard InChI is InChI=1S/C11H15NO4.C10H16O4.C3H3N.2CH4.S5/c1-3-15-10(13)9(7-5-6-8-12)11(14)16-4-2;1-4-7-8(9(11)13-5-2)10(12)14-6-3;1-2-3-4;;;1-3-5-4-2/h5-6,9H,3-4,7H2,1-2H3;4,8H,1,5-7H2,2-3H3;2H,1H2;2*1H4;. The van der Waals surface area contributed by atoms with Crippen LogP contribution < -0.4 is 0 Å². The van der Waals surface area contributed by atoms with Gasteiger partial charge in [-0.3, -0.25) is 19.2 Å². The lowest BCUT2D eigenvalue weighted by atomic mass is 10.1. The molecule has 0 N–H and O–H groups in total. The van der Waals surface area contributed by atoms with Gasteiger partial charge in [0.25, 0.3) is 0 Å². The first kappa shape index (κ1) is 51.0. The van der Waals surface area contributed by atoms with Crippen LogP contribution in [0.15, 0.2) is 37.5 Å². The van der Waals surface area contributed by atoms with Gasteiger partial charge in [0.1, 0.15) is 0 Å². The van der Waals surface area contributed by atoms with Crippen LogP contribution >= 0.6 is 0 Å². The van der Waals surface area contributed by atoms with E-state index >= 15 is 0 Å². The lowest BCUT2D eigenvalue weighted by molar-refractivity contribution is -0.163. The fourth-order valence-electron chi connectivity index (χ4n) is 1.98.